The summed E-state index contributed by atoms with van der Waals surface area (Å²) in [5.41, 5.74) is 1.82. The molecule has 0 radical (unpaired) electrons. The van der Waals surface area contributed by atoms with Crippen LogP contribution >= 0.6 is 0 Å². The fraction of sp³-hybridized carbons (Fsp3) is 0.375. The van der Waals surface area contributed by atoms with Crippen LogP contribution < -0.4 is 14.8 Å². The van der Waals surface area contributed by atoms with Crippen LogP contribution in [-0.2, 0) is 9.53 Å². The molecule has 2 heterocycles. The molecule has 0 fully saturated rings. The Balaban J connectivity index is 2.27. The number of rotatable bonds is 5. The van der Waals surface area contributed by atoms with Gasteiger partial charge in [-0.25, -0.2) is 4.79 Å². The van der Waals surface area contributed by atoms with E-state index in [-0.39, 0.29) is 0 Å². The van der Waals surface area contributed by atoms with Crippen LogP contribution in [0.25, 0.3) is 0 Å². The first-order valence-corrected chi connectivity index (χ1v) is 7.72. The lowest BCUT2D eigenvalue weighted by molar-refractivity contribution is -0.136. The fourth-order valence-electron chi connectivity index (χ4n) is 2.90. The van der Waals surface area contributed by atoms with E-state index < -0.39 is 12.0 Å². The van der Waals surface area contributed by atoms with E-state index in [2.05, 4.69) is 20.8 Å². The minimum atomic E-state index is -0.598. The lowest BCUT2D eigenvalue weighted by Crippen LogP contribution is -2.30. The molecule has 25 heavy (non-hydrogen) atoms. The summed E-state index contributed by atoms with van der Waals surface area (Å²) in [6.07, 6.45) is 0.583. The van der Waals surface area contributed by atoms with E-state index in [1.807, 2.05) is 6.92 Å². The number of nitrogens with zero attached hydrogens (tertiary/aromatic N) is 4. The number of hydrogen-bond acceptors (Lipinski definition) is 8. The number of methoxy groups -OCH3 is 3. The van der Waals surface area contributed by atoms with Crippen LogP contribution in [0, 0.1) is 0 Å². The summed E-state index contributed by atoms with van der Waals surface area (Å²) in [7, 11) is 4.48. The maximum atomic E-state index is 12.5. The lowest BCUT2D eigenvalue weighted by Gasteiger charge is -2.29. The third-order valence-corrected chi connectivity index (χ3v) is 4.09. The molecule has 132 valence electrons. The Labute approximate surface area is 144 Å². The highest BCUT2D eigenvalue weighted by molar-refractivity contribution is 5.92. The molecule has 0 aliphatic carbocycles. The van der Waals surface area contributed by atoms with Crippen LogP contribution in [0.5, 0.6) is 11.5 Å². The molecule has 0 saturated heterocycles. The zero-order valence-corrected chi connectivity index (χ0v) is 14.4. The van der Waals surface area contributed by atoms with Crippen LogP contribution in [0.1, 0.15) is 24.9 Å². The highest BCUT2D eigenvalue weighted by Gasteiger charge is 2.37. The van der Waals surface area contributed by atoms with Crippen LogP contribution in [0.15, 0.2) is 29.5 Å². The molecular weight excluding hydrogens is 326 g/mol. The molecule has 1 N–H and O–H groups in total. The number of aromatic nitrogens is 4. The van der Waals surface area contributed by atoms with Gasteiger partial charge in [-0.05, 0) is 35.0 Å². The monoisotopic (exact) mass is 345 g/mol. The molecule has 1 aliphatic heterocycles. The Morgan fingerprint density at radius 1 is 1.28 bits per heavy atom. The number of esters is 1. The zero-order valence-electron chi connectivity index (χ0n) is 14.4. The number of carbonyl (C=O) groups excluding carboxylic acids is 1. The minimum absolute atomic E-state index is 0.427. The van der Waals surface area contributed by atoms with Crippen molar-refractivity contribution < 1.29 is 19.0 Å². The van der Waals surface area contributed by atoms with Gasteiger partial charge in [-0.3, -0.25) is 0 Å². The average molecular weight is 345 g/mol. The molecule has 2 aromatic rings. The normalized spacial score (nSPS) is 16.1. The second kappa shape index (κ2) is 6.80. The van der Waals surface area contributed by atoms with E-state index in [1.54, 1.807) is 32.4 Å². The Hall–Kier alpha value is -3.10. The van der Waals surface area contributed by atoms with Crippen molar-refractivity contribution in [3.05, 3.63) is 35.0 Å². The van der Waals surface area contributed by atoms with Gasteiger partial charge >= 0.3 is 5.97 Å². The Morgan fingerprint density at radius 3 is 2.72 bits per heavy atom. The summed E-state index contributed by atoms with van der Waals surface area (Å²) < 4.78 is 17.3. The summed E-state index contributed by atoms with van der Waals surface area (Å²) >= 11 is 0. The molecule has 0 saturated carbocycles. The van der Waals surface area contributed by atoms with Gasteiger partial charge in [0.2, 0.25) is 5.95 Å². The first-order chi connectivity index (χ1) is 12.1. The van der Waals surface area contributed by atoms with E-state index in [0.29, 0.717) is 40.7 Å². The van der Waals surface area contributed by atoms with Crippen molar-refractivity contribution in [2.75, 3.05) is 26.6 Å². The van der Waals surface area contributed by atoms with E-state index in [0.717, 1.165) is 0 Å². The van der Waals surface area contributed by atoms with E-state index in [1.165, 1.54) is 11.8 Å². The van der Waals surface area contributed by atoms with Crippen LogP contribution in [0.2, 0.25) is 0 Å². The number of tetrazole rings is 1. The van der Waals surface area contributed by atoms with Crippen molar-refractivity contribution in [1.82, 2.24) is 20.2 Å². The molecular formula is C16H19N5O4. The van der Waals surface area contributed by atoms with Crippen molar-refractivity contribution >= 4 is 11.9 Å². The number of fused-ring (bicyclic) bond motifs is 1. The molecule has 0 spiro atoms. The van der Waals surface area contributed by atoms with Gasteiger partial charge in [-0.1, -0.05) is 12.0 Å². The van der Waals surface area contributed by atoms with E-state index >= 15 is 0 Å². The van der Waals surface area contributed by atoms with Crippen molar-refractivity contribution in [3.63, 3.8) is 0 Å². The number of benzene rings is 1. The fourth-order valence-corrected chi connectivity index (χ4v) is 2.90. The number of nitrogens with one attached hydrogen (secondary N) is 1. The molecule has 0 bridgehead atoms. The van der Waals surface area contributed by atoms with Gasteiger partial charge in [0.1, 0.15) is 17.5 Å². The first-order valence-electron chi connectivity index (χ1n) is 7.72. The third kappa shape index (κ3) is 2.77. The molecule has 0 amide bonds. The Kier molecular flexibility index (Phi) is 4.55. The molecule has 1 atom stereocenters. The molecule has 1 aliphatic rings. The van der Waals surface area contributed by atoms with Crippen LogP contribution in [0.4, 0.5) is 5.95 Å². The Morgan fingerprint density at radius 2 is 2.08 bits per heavy atom. The summed E-state index contributed by atoms with van der Waals surface area (Å²) in [5, 5.41) is 14.8. The van der Waals surface area contributed by atoms with Gasteiger partial charge in [0.15, 0.2) is 0 Å². The molecule has 3 rings (SSSR count). The minimum Gasteiger partial charge on any atom is -0.497 e. The topological polar surface area (TPSA) is 100 Å². The zero-order chi connectivity index (χ0) is 18.0. The maximum Gasteiger partial charge on any atom is 0.338 e. The predicted octanol–water partition coefficient (Wildman–Crippen LogP) is 1.54. The highest BCUT2D eigenvalue weighted by Crippen LogP contribution is 2.40. The van der Waals surface area contributed by atoms with Gasteiger partial charge in [0.25, 0.3) is 0 Å². The van der Waals surface area contributed by atoms with Crippen molar-refractivity contribution in [2.24, 2.45) is 0 Å². The van der Waals surface area contributed by atoms with Crippen LogP contribution in [0.3, 0.4) is 0 Å². The Bertz CT molecular complexity index is 830. The molecule has 9 heteroatoms. The molecule has 0 unspecified atom stereocenters. The largest absolute Gasteiger partial charge is 0.497 e. The molecule has 1 aromatic heterocycles. The van der Waals surface area contributed by atoms with Crippen molar-refractivity contribution in [3.8, 4) is 11.5 Å². The lowest BCUT2D eigenvalue weighted by atomic mass is 9.93. The van der Waals surface area contributed by atoms with Gasteiger partial charge in [-0.2, -0.15) is 4.68 Å². The quantitative estimate of drug-likeness (QED) is 0.815. The van der Waals surface area contributed by atoms with Crippen molar-refractivity contribution in [1.29, 1.82) is 0 Å². The second-order valence-corrected chi connectivity index (χ2v) is 5.32. The highest BCUT2D eigenvalue weighted by atomic mass is 16.5. The standard InChI is InChI=1S/C16H19N5O4/c1-5-11-13(15(22)25-4)14(21-16(17-11)18-19-20-21)10-8-9(23-2)6-7-12(10)24-3/h6-8,14H,5H2,1-4H3,(H,17,18,20)/t14-/m0/s1. The van der Waals surface area contributed by atoms with Gasteiger partial charge in [-0.15, -0.1) is 0 Å². The SMILES string of the molecule is CCC1=C(C(=O)OC)[C@H](c2cc(OC)ccc2OC)n2nnnc2N1. The maximum absolute atomic E-state index is 12.5. The van der Waals surface area contributed by atoms with E-state index in [4.69, 9.17) is 14.2 Å². The number of hydrogen-bond donors (Lipinski definition) is 1. The van der Waals surface area contributed by atoms with Crippen LogP contribution in [-0.4, -0.2) is 47.5 Å². The summed E-state index contributed by atoms with van der Waals surface area (Å²) in [4.78, 5) is 12.5. The summed E-state index contributed by atoms with van der Waals surface area (Å²) in [6.45, 7) is 1.94. The summed E-state index contributed by atoms with van der Waals surface area (Å²) in [5.74, 6) is 1.21. The molecule has 9 nitrogen and oxygen atoms in total. The van der Waals surface area contributed by atoms with Gasteiger partial charge in [0.05, 0.1) is 26.9 Å². The smallest absolute Gasteiger partial charge is 0.338 e. The van der Waals surface area contributed by atoms with E-state index in [9.17, 15) is 4.79 Å². The second-order valence-electron chi connectivity index (χ2n) is 5.32. The van der Waals surface area contributed by atoms with Gasteiger partial charge < -0.3 is 19.5 Å². The molecule has 1 aromatic carbocycles. The third-order valence-electron chi connectivity index (χ3n) is 4.09. The van der Waals surface area contributed by atoms with Crippen molar-refractivity contribution in [2.45, 2.75) is 19.4 Å². The predicted molar refractivity (Wildman–Crippen MR) is 88.5 cm³/mol. The summed E-state index contributed by atoms with van der Waals surface area (Å²) in [6, 6.07) is 4.77. The average Bonchev–Trinajstić information content (AvgIpc) is 3.13. The number of allylic oxidation sites excluding steroid dienone is 1. The number of anilines is 1. The van der Waals surface area contributed by atoms with Gasteiger partial charge in [0, 0.05) is 11.3 Å². The number of carbonyl (C=O) groups is 1. The first kappa shape index (κ1) is 16.7. The number of ether oxygens (including phenoxy) is 3.